The number of nitrogens with zero attached hydrogens (tertiary/aromatic N) is 2. The smallest absolute Gasteiger partial charge is 0.0749 e. The highest BCUT2D eigenvalue weighted by Gasteiger charge is 2.20. The molecule has 0 atom stereocenters. The minimum absolute atomic E-state index is 0.765. The summed E-state index contributed by atoms with van der Waals surface area (Å²) in [6.07, 6.45) is 7.48. The summed E-state index contributed by atoms with van der Waals surface area (Å²) < 4.78 is 0. The summed E-state index contributed by atoms with van der Waals surface area (Å²) in [6, 6.07) is 8.24. The van der Waals surface area contributed by atoms with Gasteiger partial charge in [-0.25, -0.2) is 0 Å². The molecule has 0 bridgehead atoms. The third-order valence-electron chi connectivity index (χ3n) is 3.88. The number of aromatic nitrogens is 2. The number of rotatable bonds is 3. The van der Waals surface area contributed by atoms with Crippen molar-refractivity contribution in [3.8, 4) is 0 Å². The van der Waals surface area contributed by atoms with E-state index in [1.807, 2.05) is 24.5 Å². The van der Waals surface area contributed by atoms with Crippen molar-refractivity contribution < 1.29 is 0 Å². The van der Waals surface area contributed by atoms with Crippen LogP contribution in [0.4, 0.5) is 5.69 Å². The fourth-order valence-electron chi connectivity index (χ4n) is 2.81. The van der Waals surface area contributed by atoms with Crippen molar-refractivity contribution in [3.05, 3.63) is 47.2 Å². The van der Waals surface area contributed by atoms with Crippen LogP contribution < -0.4 is 4.90 Å². The van der Waals surface area contributed by atoms with E-state index < -0.39 is 0 Å². The molecule has 0 amide bonds. The highest BCUT2D eigenvalue weighted by atomic mass is 35.5. The Hall–Kier alpha value is -1.48. The van der Waals surface area contributed by atoms with Crippen LogP contribution in [0.3, 0.4) is 0 Å². The van der Waals surface area contributed by atoms with Crippen molar-refractivity contribution in [2.24, 2.45) is 5.92 Å². The molecule has 1 aromatic carbocycles. The van der Waals surface area contributed by atoms with Crippen LogP contribution in [0.5, 0.6) is 0 Å². The Morgan fingerprint density at radius 3 is 2.84 bits per heavy atom. The maximum atomic E-state index is 6.03. The first-order chi connectivity index (χ1) is 9.31. The van der Waals surface area contributed by atoms with Gasteiger partial charge in [-0.05, 0) is 42.9 Å². The van der Waals surface area contributed by atoms with Crippen LogP contribution in [0, 0.1) is 5.92 Å². The molecule has 0 aliphatic carbocycles. The number of piperidine rings is 1. The van der Waals surface area contributed by atoms with Gasteiger partial charge in [0.2, 0.25) is 0 Å². The van der Waals surface area contributed by atoms with E-state index >= 15 is 0 Å². The van der Waals surface area contributed by atoms with Gasteiger partial charge in [-0.1, -0.05) is 23.7 Å². The summed E-state index contributed by atoms with van der Waals surface area (Å²) in [6.45, 7) is 2.23. The lowest BCUT2D eigenvalue weighted by Gasteiger charge is -2.32. The summed E-state index contributed by atoms with van der Waals surface area (Å²) in [5.74, 6) is 0.765. The molecule has 2 heterocycles. The fraction of sp³-hybridized carbons (Fsp3) is 0.400. The molecule has 2 aromatic rings. The molecular weight excluding hydrogens is 258 g/mol. The zero-order chi connectivity index (χ0) is 13.1. The number of halogens is 1. The zero-order valence-electron chi connectivity index (χ0n) is 10.8. The Bertz CT molecular complexity index is 516. The van der Waals surface area contributed by atoms with Gasteiger partial charge in [-0.2, -0.15) is 5.10 Å². The van der Waals surface area contributed by atoms with Gasteiger partial charge in [0.1, 0.15) is 0 Å². The van der Waals surface area contributed by atoms with E-state index in [9.17, 15) is 0 Å². The molecule has 0 unspecified atom stereocenters. The minimum atomic E-state index is 0.765. The molecule has 100 valence electrons. The summed E-state index contributed by atoms with van der Waals surface area (Å²) in [5.41, 5.74) is 2.57. The highest BCUT2D eigenvalue weighted by Crippen LogP contribution is 2.25. The van der Waals surface area contributed by atoms with Crippen molar-refractivity contribution in [2.75, 3.05) is 18.0 Å². The summed E-state index contributed by atoms with van der Waals surface area (Å²) in [5, 5.41) is 7.73. The number of hydrogen-bond donors (Lipinski definition) is 1. The third kappa shape index (κ3) is 3.10. The van der Waals surface area contributed by atoms with Gasteiger partial charge in [0, 0.05) is 24.3 Å². The van der Waals surface area contributed by atoms with Crippen molar-refractivity contribution >= 4 is 17.3 Å². The summed E-state index contributed by atoms with van der Waals surface area (Å²) in [7, 11) is 0. The second-order valence-corrected chi connectivity index (χ2v) is 5.66. The number of benzene rings is 1. The molecule has 1 N–H and O–H groups in total. The lowest BCUT2D eigenvalue weighted by atomic mass is 9.90. The average Bonchev–Trinajstić information content (AvgIpc) is 2.94. The minimum Gasteiger partial charge on any atom is -0.369 e. The molecular formula is C15H18ClN3. The molecule has 1 fully saturated rings. The molecule has 0 saturated carbocycles. The maximum absolute atomic E-state index is 6.03. The molecule has 0 radical (unpaired) electrons. The van der Waals surface area contributed by atoms with Gasteiger partial charge in [-0.3, -0.25) is 5.10 Å². The van der Waals surface area contributed by atoms with Gasteiger partial charge < -0.3 is 4.90 Å². The number of anilines is 1. The fourth-order valence-corrected chi connectivity index (χ4v) is 3.02. The zero-order valence-corrected chi connectivity index (χ0v) is 11.6. The van der Waals surface area contributed by atoms with E-state index in [2.05, 4.69) is 27.2 Å². The van der Waals surface area contributed by atoms with Gasteiger partial charge >= 0.3 is 0 Å². The molecule has 1 aliphatic rings. The topological polar surface area (TPSA) is 31.9 Å². The number of H-pyrrole nitrogens is 1. The molecule has 4 heteroatoms. The van der Waals surface area contributed by atoms with Crippen LogP contribution >= 0.6 is 11.6 Å². The predicted octanol–water partition coefficient (Wildman–Crippen LogP) is 3.52. The van der Waals surface area contributed by atoms with Crippen molar-refractivity contribution in [3.63, 3.8) is 0 Å². The van der Waals surface area contributed by atoms with Crippen LogP contribution in [0.2, 0.25) is 5.02 Å². The van der Waals surface area contributed by atoms with E-state index in [0.29, 0.717) is 0 Å². The largest absolute Gasteiger partial charge is 0.369 e. The SMILES string of the molecule is Clc1cccc(CC2CCN(c3cn[nH]c3)CC2)c1. The average molecular weight is 276 g/mol. The first-order valence-corrected chi connectivity index (χ1v) is 7.17. The van der Waals surface area contributed by atoms with E-state index in [0.717, 1.165) is 30.5 Å². The van der Waals surface area contributed by atoms with E-state index in [1.165, 1.54) is 24.1 Å². The number of aromatic amines is 1. The van der Waals surface area contributed by atoms with Crippen LogP contribution in [-0.2, 0) is 6.42 Å². The Balaban J connectivity index is 1.56. The first kappa shape index (κ1) is 12.5. The van der Waals surface area contributed by atoms with Crippen molar-refractivity contribution in [1.29, 1.82) is 0 Å². The molecule has 1 aliphatic heterocycles. The van der Waals surface area contributed by atoms with Crippen molar-refractivity contribution in [2.45, 2.75) is 19.3 Å². The van der Waals surface area contributed by atoms with Gasteiger partial charge in [0.25, 0.3) is 0 Å². The van der Waals surface area contributed by atoms with Crippen LogP contribution in [0.15, 0.2) is 36.7 Å². The molecule has 1 saturated heterocycles. The number of hydrogen-bond acceptors (Lipinski definition) is 2. The highest BCUT2D eigenvalue weighted by molar-refractivity contribution is 6.30. The third-order valence-corrected chi connectivity index (χ3v) is 4.11. The van der Waals surface area contributed by atoms with E-state index in [4.69, 9.17) is 11.6 Å². The lowest BCUT2D eigenvalue weighted by Crippen LogP contribution is -2.34. The van der Waals surface area contributed by atoms with E-state index in [1.54, 1.807) is 0 Å². The second kappa shape index (κ2) is 5.66. The number of nitrogens with one attached hydrogen (secondary N) is 1. The Morgan fingerprint density at radius 1 is 1.32 bits per heavy atom. The predicted molar refractivity (Wildman–Crippen MR) is 78.7 cm³/mol. The van der Waals surface area contributed by atoms with Crippen LogP contribution in [0.25, 0.3) is 0 Å². The summed E-state index contributed by atoms with van der Waals surface area (Å²) >= 11 is 6.03. The Kier molecular flexibility index (Phi) is 3.74. The van der Waals surface area contributed by atoms with Gasteiger partial charge in [-0.15, -0.1) is 0 Å². The first-order valence-electron chi connectivity index (χ1n) is 6.79. The maximum Gasteiger partial charge on any atom is 0.0749 e. The molecule has 19 heavy (non-hydrogen) atoms. The molecule has 3 rings (SSSR count). The molecule has 3 nitrogen and oxygen atoms in total. The monoisotopic (exact) mass is 275 g/mol. The van der Waals surface area contributed by atoms with Gasteiger partial charge in [0.05, 0.1) is 11.9 Å². The Morgan fingerprint density at radius 2 is 2.16 bits per heavy atom. The second-order valence-electron chi connectivity index (χ2n) is 5.22. The quantitative estimate of drug-likeness (QED) is 0.929. The summed E-state index contributed by atoms with van der Waals surface area (Å²) in [4.78, 5) is 2.40. The molecule has 1 aromatic heterocycles. The Labute approximate surface area is 118 Å². The van der Waals surface area contributed by atoms with Crippen LogP contribution in [0.1, 0.15) is 18.4 Å². The molecule has 0 spiro atoms. The lowest BCUT2D eigenvalue weighted by molar-refractivity contribution is 0.404. The van der Waals surface area contributed by atoms with Gasteiger partial charge in [0.15, 0.2) is 0 Å². The standard InChI is InChI=1S/C15H18ClN3/c16-14-3-1-2-13(9-14)8-12-4-6-19(7-5-12)15-10-17-18-11-15/h1-3,9-12H,4-8H2,(H,17,18). The van der Waals surface area contributed by atoms with Crippen LogP contribution in [-0.4, -0.2) is 23.3 Å². The normalized spacial score (nSPS) is 16.8. The van der Waals surface area contributed by atoms with E-state index in [-0.39, 0.29) is 0 Å². The van der Waals surface area contributed by atoms with Crippen molar-refractivity contribution in [1.82, 2.24) is 10.2 Å².